The molecule has 1 aliphatic rings. The first-order valence-corrected chi connectivity index (χ1v) is 7.89. The number of aromatic nitrogens is 3. The van der Waals surface area contributed by atoms with Gasteiger partial charge >= 0.3 is 0 Å². The molecule has 0 unspecified atom stereocenters. The Morgan fingerprint density at radius 3 is 3.09 bits per heavy atom. The van der Waals surface area contributed by atoms with E-state index in [0.717, 1.165) is 24.2 Å². The minimum Gasteiger partial charge on any atom is -0.376 e. The number of ether oxygens (including phenoxy) is 1. The smallest absolute Gasteiger partial charge is 0.223 e. The number of carbonyl (C=O) groups excluding carboxylic acids is 1. The summed E-state index contributed by atoms with van der Waals surface area (Å²) in [7, 11) is 0. The van der Waals surface area contributed by atoms with Gasteiger partial charge in [-0.2, -0.15) is 0 Å². The maximum atomic E-state index is 12.5. The zero-order chi connectivity index (χ0) is 16.3. The van der Waals surface area contributed by atoms with Gasteiger partial charge in [0, 0.05) is 43.2 Å². The van der Waals surface area contributed by atoms with Gasteiger partial charge in [0.25, 0.3) is 0 Å². The summed E-state index contributed by atoms with van der Waals surface area (Å²) < 4.78 is 7.52. The molecular formula is C17H22N4O2. The van der Waals surface area contributed by atoms with Gasteiger partial charge in [-0.25, -0.2) is 9.97 Å². The Kier molecular flexibility index (Phi) is 4.43. The van der Waals surface area contributed by atoms with Crippen LogP contribution in [0.25, 0.3) is 5.82 Å². The summed E-state index contributed by atoms with van der Waals surface area (Å²) in [6, 6.07) is 3.84. The molecule has 0 bridgehead atoms. The molecule has 6 nitrogen and oxygen atoms in total. The van der Waals surface area contributed by atoms with E-state index in [1.165, 1.54) is 0 Å². The standard InChI is InChI=1S/C17H22N4O2/c1-17(2)10-13(5-9-23-17)16(22)20-11-14-4-3-6-19-15(14)21-8-7-18-12-21/h3-4,6-8,12-13H,5,9-11H2,1-2H3,(H,20,22)/t13-/m1/s1. The lowest BCUT2D eigenvalue weighted by atomic mass is 9.88. The Morgan fingerprint density at radius 2 is 2.35 bits per heavy atom. The van der Waals surface area contributed by atoms with Gasteiger partial charge in [0.15, 0.2) is 0 Å². The lowest BCUT2D eigenvalue weighted by Gasteiger charge is -2.34. The molecule has 0 radical (unpaired) electrons. The van der Waals surface area contributed by atoms with E-state index in [1.807, 2.05) is 36.7 Å². The van der Waals surface area contributed by atoms with Crippen molar-refractivity contribution >= 4 is 5.91 Å². The minimum absolute atomic E-state index is 0.00659. The van der Waals surface area contributed by atoms with Crippen molar-refractivity contribution in [2.24, 2.45) is 5.92 Å². The van der Waals surface area contributed by atoms with Crippen LogP contribution < -0.4 is 5.32 Å². The van der Waals surface area contributed by atoms with Crippen LogP contribution in [0.2, 0.25) is 0 Å². The molecule has 0 saturated carbocycles. The van der Waals surface area contributed by atoms with E-state index >= 15 is 0 Å². The average molecular weight is 314 g/mol. The second-order valence-corrected chi connectivity index (χ2v) is 6.47. The van der Waals surface area contributed by atoms with Gasteiger partial charge in [0.05, 0.1) is 5.60 Å². The van der Waals surface area contributed by atoms with Crippen LogP contribution in [0.5, 0.6) is 0 Å². The first-order chi connectivity index (χ1) is 11.1. The van der Waals surface area contributed by atoms with Gasteiger partial charge in [0.2, 0.25) is 5.91 Å². The molecule has 0 aliphatic carbocycles. The van der Waals surface area contributed by atoms with Gasteiger partial charge in [0.1, 0.15) is 12.1 Å². The Balaban J connectivity index is 1.66. The van der Waals surface area contributed by atoms with E-state index in [4.69, 9.17) is 4.74 Å². The quantitative estimate of drug-likeness (QED) is 0.938. The molecule has 2 aromatic rings. The van der Waals surface area contributed by atoms with E-state index in [-0.39, 0.29) is 17.4 Å². The number of pyridine rings is 1. The number of nitrogens with one attached hydrogen (secondary N) is 1. The highest BCUT2D eigenvalue weighted by atomic mass is 16.5. The Morgan fingerprint density at radius 1 is 1.48 bits per heavy atom. The maximum Gasteiger partial charge on any atom is 0.223 e. The summed E-state index contributed by atoms with van der Waals surface area (Å²) in [5.41, 5.74) is 0.737. The maximum absolute atomic E-state index is 12.5. The van der Waals surface area contributed by atoms with Crippen molar-refractivity contribution in [3.8, 4) is 5.82 Å². The number of carbonyl (C=O) groups is 1. The predicted octanol–water partition coefficient (Wildman–Crippen LogP) is 2.09. The molecule has 23 heavy (non-hydrogen) atoms. The van der Waals surface area contributed by atoms with Crippen LogP contribution >= 0.6 is 0 Å². The Bertz CT molecular complexity index is 667. The summed E-state index contributed by atoms with van der Waals surface area (Å²) in [5, 5.41) is 3.04. The summed E-state index contributed by atoms with van der Waals surface area (Å²) in [4.78, 5) is 20.9. The highest BCUT2D eigenvalue weighted by Crippen LogP contribution is 2.28. The largest absolute Gasteiger partial charge is 0.376 e. The van der Waals surface area contributed by atoms with E-state index < -0.39 is 0 Å². The molecule has 1 saturated heterocycles. The lowest BCUT2D eigenvalue weighted by Crippen LogP contribution is -2.41. The number of nitrogens with zero attached hydrogens (tertiary/aromatic N) is 3. The molecule has 6 heteroatoms. The minimum atomic E-state index is -0.226. The third-order valence-corrected chi connectivity index (χ3v) is 4.14. The van der Waals surface area contributed by atoms with Crippen LogP contribution in [0, 0.1) is 5.92 Å². The summed E-state index contributed by atoms with van der Waals surface area (Å²) in [6.45, 7) is 5.16. The van der Waals surface area contributed by atoms with Crippen LogP contribution in [-0.2, 0) is 16.1 Å². The third-order valence-electron chi connectivity index (χ3n) is 4.14. The molecule has 2 aromatic heterocycles. The van der Waals surface area contributed by atoms with Crippen LogP contribution in [0.1, 0.15) is 32.3 Å². The van der Waals surface area contributed by atoms with E-state index in [1.54, 1.807) is 18.7 Å². The highest BCUT2D eigenvalue weighted by Gasteiger charge is 2.32. The van der Waals surface area contributed by atoms with Crippen LogP contribution in [-0.4, -0.2) is 32.7 Å². The molecule has 3 rings (SSSR count). The molecule has 1 aliphatic heterocycles. The summed E-state index contributed by atoms with van der Waals surface area (Å²) in [6.07, 6.45) is 8.52. The molecule has 0 aromatic carbocycles. The average Bonchev–Trinajstić information content (AvgIpc) is 3.06. The first-order valence-electron chi connectivity index (χ1n) is 7.89. The third kappa shape index (κ3) is 3.76. The number of hydrogen-bond acceptors (Lipinski definition) is 4. The summed E-state index contributed by atoms with van der Waals surface area (Å²) in [5.74, 6) is 0.881. The van der Waals surface area contributed by atoms with Crippen molar-refractivity contribution in [2.75, 3.05) is 6.61 Å². The molecular weight excluding hydrogens is 292 g/mol. The second kappa shape index (κ2) is 6.50. The van der Waals surface area contributed by atoms with Crippen LogP contribution in [0.3, 0.4) is 0 Å². The van der Waals surface area contributed by atoms with Gasteiger partial charge in [-0.15, -0.1) is 0 Å². The zero-order valence-electron chi connectivity index (χ0n) is 13.5. The van der Waals surface area contributed by atoms with Crippen molar-refractivity contribution in [1.29, 1.82) is 0 Å². The molecule has 1 atom stereocenters. The molecule has 3 heterocycles. The van der Waals surface area contributed by atoms with E-state index in [2.05, 4.69) is 15.3 Å². The van der Waals surface area contributed by atoms with E-state index in [9.17, 15) is 4.79 Å². The number of hydrogen-bond donors (Lipinski definition) is 1. The molecule has 1 fully saturated rings. The lowest BCUT2D eigenvalue weighted by molar-refractivity contribution is -0.135. The van der Waals surface area contributed by atoms with Crippen molar-refractivity contribution in [1.82, 2.24) is 19.9 Å². The van der Waals surface area contributed by atoms with Gasteiger partial charge in [-0.05, 0) is 32.8 Å². The normalized spacial score (nSPS) is 20.2. The van der Waals surface area contributed by atoms with Crippen LogP contribution in [0.15, 0.2) is 37.1 Å². The fourth-order valence-corrected chi connectivity index (χ4v) is 2.97. The number of amides is 1. The van der Waals surface area contributed by atoms with Crippen LogP contribution in [0.4, 0.5) is 0 Å². The first kappa shape index (κ1) is 15.7. The van der Waals surface area contributed by atoms with Crippen molar-refractivity contribution in [3.05, 3.63) is 42.6 Å². The van der Waals surface area contributed by atoms with Gasteiger partial charge in [-0.3, -0.25) is 9.36 Å². The molecule has 1 N–H and O–H groups in total. The zero-order valence-corrected chi connectivity index (χ0v) is 13.5. The Hall–Kier alpha value is -2.21. The fourth-order valence-electron chi connectivity index (χ4n) is 2.97. The number of imidazole rings is 1. The Labute approximate surface area is 135 Å². The van der Waals surface area contributed by atoms with Crippen molar-refractivity contribution < 1.29 is 9.53 Å². The molecule has 0 spiro atoms. The molecule has 1 amide bonds. The van der Waals surface area contributed by atoms with Gasteiger partial charge in [-0.1, -0.05) is 6.07 Å². The predicted molar refractivity (Wildman–Crippen MR) is 86.0 cm³/mol. The van der Waals surface area contributed by atoms with Gasteiger partial charge < -0.3 is 10.1 Å². The topological polar surface area (TPSA) is 69.0 Å². The van der Waals surface area contributed by atoms with Crippen molar-refractivity contribution in [3.63, 3.8) is 0 Å². The molecule has 122 valence electrons. The SMILES string of the molecule is CC1(C)C[C@H](C(=O)NCc2cccnc2-n2ccnc2)CCO1. The second-order valence-electron chi connectivity index (χ2n) is 6.47. The summed E-state index contributed by atoms with van der Waals surface area (Å²) >= 11 is 0. The number of rotatable bonds is 4. The monoisotopic (exact) mass is 314 g/mol. The highest BCUT2D eigenvalue weighted by molar-refractivity contribution is 5.78. The fraction of sp³-hybridized carbons (Fsp3) is 0.471. The van der Waals surface area contributed by atoms with Crippen molar-refractivity contribution in [2.45, 2.75) is 38.8 Å². The van der Waals surface area contributed by atoms with E-state index in [0.29, 0.717) is 13.2 Å².